The van der Waals surface area contributed by atoms with Crippen molar-refractivity contribution in [3.63, 3.8) is 0 Å². The van der Waals surface area contributed by atoms with Crippen LogP contribution in [-0.2, 0) is 10.3 Å². The van der Waals surface area contributed by atoms with E-state index in [1.54, 1.807) is 0 Å². The highest BCUT2D eigenvalue weighted by Crippen LogP contribution is 2.30. The largest absolute Gasteiger partial charge is 0.340 e. The van der Waals surface area contributed by atoms with Crippen LogP contribution >= 0.6 is 15.9 Å². The molecule has 0 aliphatic carbocycles. The number of carbonyl (C=O) groups excluding carboxylic acids is 2. The smallest absolute Gasteiger partial charge is 0.253 e. The van der Waals surface area contributed by atoms with E-state index in [0.717, 1.165) is 58.5 Å². The molecule has 0 bridgehead atoms. The highest BCUT2D eigenvalue weighted by atomic mass is 79.9. The van der Waals surface area contributed by atoms with Gasteiger partial charge in [0.15, 0.2) is 0 Å². The first-order valence-corrected chi connectivity index (χ1v) is 14.9. The SMILES string of the molecule is Cc1cc(C)cc(C(=O)N2CCCC(C(=O)N3CCN(C(C)(C)c4cn(-c5cccc(Br)c5C)nn4)CC3)C2)c1. The van der Waals surface area contributed by atoms with Crippen LogP contribution in [0.2, 0.25) is 0 Å². The normalized spacial score (nSPS) is 18.7. The summed E-state index contributed by atoms with van der Waals surface area (Å²) in [6.07, 6.45) is 3.70. The number of amides is 2. The maximum Gasteiger partial charge on any atom is 0.253 e. The van der Waals surface area contributed by atoms with Gasteiger partial charge < -0.3 is 9.80 Å². The van der Waals surface area contributed by atoms with E-state index < -0.39 is 0 Å². The maximum atomic E-state index is 13.6. The molecule has 2 aliphatic heterocycles. The molecule has 1 aromatic heterocycles. The van der Waals surface area contributed by atoms with Gasteiger partial charge in [0.1, 0.15) is 5.69 Å². The molecule has 1 unspecified atom stereocenters. The third-order valence-electron chi connectivity index (χ3n) is 8.51. The van der Waals surface area contributed by atoms with Gasteiger partial charge in [-0.25, -0.2) is 4.68 Å². The summed E-state index contributed by atoms with van der Waals surface area (Å²) in [6.45, 7) is 14.5. The maximum absolute atomic E-state index is 13.6. The van der Waals surface area contributed by atoms with Crippen LogP contribution < -0.4 is 0 Å². The standard InChI is InChI=1S/C31H39BrN6O2/c1-21-16-22(2)18-25(17-21)30(40)36-11-7-8-24(19-36)29(39)35-12-14-37(15-13-35)31(4,5)28-20-38(34-33-28)27-10-6-9-26(32)23(27)3/h6,9-10,16-18,20,24H,7-8,11-15,19H2,1-5H3. The van der Waals surface area contributed by atoms with Crippen LogP contribution in [-0.4, -0.2) is 80.8 Å². The monoisotopic (exact) mass is 606 g/mol. The molecule has 2 aliphatic rings. The zero-order chi connectivity index (χ0) is 28.6. The minimum atomic E-state index is -0.326. The van der Waals surface area contributed by atoms with Crippen LogP contribution in [0.3, 0.4) is 0 Å². The number of carbonyl (C=O) groups is 2. The molecule has 3 heterocycles. The Hall–Kier alpha value is -3.04. The number of hydrogen-bond acceptors (Lipinski definition) is 5. The summed E-state index contributed by atoms with van der Waals surface area (Å²) in [4.78, 5) is 33.0. The van der Waals surface area contributed by atoms with Crippen molar-refractivity contribution in [2.45, 2.75) is 53.0 Å². The Morgan fingerprint density at radius 1 is 0.950 bits per heavy atom. The van der Waals surface area contributed by atoms with E-state index in [2.05, 4.69) is 58.0 Å². The van der Waals surface area contributed by atoms with E-state index in [1.807, 2.05) is 64.9 Å². The first kappa shape index (κ1) is 28.5. The van der Waals surface area contributed by atoms with Crippen LogP contribution in [0.1, 0.15) is 59.4 Å². The molecule has 2 aromatic carbocycles. The van der Waals surface area contributed by atoms with Crippen molar-refractivity contribution in [3.8, 4) is 5.69 Å². The van der Waals surface area contributed by atoms with Gasteiger partial charge in [0.25, 0.3) is 5.91 Å². The first-order valence-electron chi connectivity index (χ1n) is 14.1. The zero-order valence-corrected chi connectivity index (χ0v) is 25.7. The van der Waals surface area contributed by atoms with Crippen LogP contribution in [0, 0.1) is 26.7 Å². The van der Waals surface area contributed by atoms with Gasteiger partial charge in [-0.15, -0.1) is 5.10 Å². The molecule has 40 heavy (non-hydrogen) atoms. The van der Waals surface area contributed by atoms with Gasteiger partial charge in [-0.3, -0.25) is 14.5 Å². The second-order valence-electron chi connectivity index (χ2n) is 11.8. The molecule has 8 nitrogen and oxygen atoms in total. The number of benzene rings is 2. The van der Waals surface area contributed by atoms with E-state index in [4.69, 9.17) is 0 Å². The van der Waals surface area contributed by atoms with E-state index in [-0.39, 0.29) is 23.3 Å². The third kappa shape index (κ3) is 5.72. The van der Waals surface area contributed by atoms with E-state index in [1.165, 1.54) is 0 Å². The van der Waals surface area contributed by atoms with E-state index >= 15 is 0 Å². The number of nitrogens with zero attached hydrogens (tertiary/aromatic N) is 6. The summed E-state index contributed by atoms with van der Waals surface area (Å²) in [5.74, 6) is 0.0601. The fourth-order valence-electron chi connectivity index (χ4n) is 6.06. The minimum absolute atomic E-state index is 0.0296. The van der Waals surface area contributed by atoms with Gasteiger partial charge in [-0.1, -0.05) is 44.4 Å². The van der Waals surface area contributed by atoms with Crippen molar-refractivity contribution in [1.82, 2.24) is 29.7 Å². The molecule has 9 heteroatoms. The van der Waals surface area contributed by atoms with Crippen molar-refractivity contribution in [2.75, 3.05) is 39.3 Å². The Kier molecular flexibility index (Phi) is 8.15. The number of likely N-dealkylation sites (tertiary alicyclic amines) is 1. The molecule has 2 saturated heterocycles. The average Bonchev–Trinajstić information content (AvgIpc) is 3.44. The predicted octanol–water partition coefficient (Wildman–Crippen LogP) is 4.89. The van der Waals surface area contributed by atoms with Crippen LogP contribution in [0.5, 0.6) is 0 Å². The van der Waals surface area contributed by atoms with Crippen molar-refractivity contribution in [2.24, 2.45) is 5.92 Å². The molecular formula is C31H39BrN6O2. The average molecular weight is 608 g/mol. The number of hydrogen-bond donors (Lipinski definition) is 0. The molecule has 1 atom stereocenters. The molecule has 0 spiro atoms. The van der Waals surface area contributed by atoms with Gasteiger partial charge >= 0.3 is 0 Å². The summed E-state index contributed by atoms with van der Waals surface area (Å²) in [5, 5.41) is 8.97. The molecular weight excluding hydrogens is 568 g/mol. The third-order valence-corrected chi connectivity index (χ3v) is 9.37. The Bertz CT molecular complexity index is 1390. The molecule has 3 aromatic rings. The Morgan fingerprint density at radius 3 is 2.35 bits per heavy atom. The minimum Gasteiger partial charge on any atom is -0.340 e. The number of aryl methyl sites for hydroxylation is 2. The summed E-state index contributed by atoms with van der Waals surface area (Å²) in [6, 6.07) is 12.0. The fourth-order valence-corrected chi connectivity index (χ4v) is 6.41. The highest BCUT2D eigenvalue weighted by Gasteiger charge is 2.37. The number of rotatable bonds is 5. The zero-order valence-electron chi connectivity index (χ0n) is 24.2. The highest BCUT2D eigenvalue weighted by molar-refractivity contribution is 9.10. The second kappa shape index (κ2) is 11.4. The van der Waals surface area contributed by atoms with Gasteiger partial charge in [0.2, 0.25) is 5.91 Å². The Labute approximate surface area is 245 Å². The quantitative estimate of drug-likeness (QED) is 0.413. The number of aromatic nitrogens is 3. The lowest BCUT2D eigenvalue weighted by Crippen LogP contribution is -2.56. The second-order valence-corrected chi connectivity index (χ2v) is 12.6. The van der Waals surface area contributed by atoms with Crippen molar-refractivity contribution in [1.29, 1.82) is 0 Å². The molecule has 2 fully saturated rings. The summed E-state index contributed by atoms with van der Waals surface area (Å²) < 4.78 is 2.88. The molecule has 212 valence electrons. The fraction of sp³-hybridized carbons (Fsp3) is 0.484. The topological polar surface area (TPSA) is 74.6 Å². The first-order chi connectivity index (χ1) is 19.0. The van der Waals surface area contributed by atoms with E-state index in [0.29, 0.717) is 31.7 Å². The van der Waals surface area contributed by atoms with Crippen LogP contribution in [0.25, 0.3) is 5.69 Å². The lowest BCUT2D eigenvalue weighted by molar-refractivity contribution is -0.139. The van der Waals surface area contributed by atoms with Crippen molar-refractivity contribution < 1.29 is 9.59 Å². The molecule has 5 rings (SSSR count). The molecule has 2 amide bonds. The number of halogens is 1. The predicted molar refractivity (Wildman–Crippen MR) is 160 cm³/mol. The molecule has 0 radical (unpaired) electrons. The number of piperidine rings is 1. The lowest BCUT2D eigenvalue weighted by Gasteiger charge is -2.44. The molecule has 0 saturated carbocycles. The number of piperazine rings is 1. The van der Waals surface area contributed by atoms with Gasteiger partial charge in [0.05, 0.1) is 23.3 Å². The van der Waals surface area contributed by atoms with Crippen LogP contribution in [0.15, 0.2) is 47.1 Å². The van der Waals surface area contributed by atoms with Crippen molar-refractivity contribution in [3.05, 3.63) is 75.0 Å². The summed E-state index contributed by atoms with van der Waals surface area (Å²) >= 11 is 3.60. The summed E-state index contributed by atoms with van der Waals surface area (Å²) in [5.41, 5.74) is 5.57. The van der Waals surface area contributed by atoms with Gasteiger partial charge in [-0.2, -0.15) is 0 Å². The molecule has 0 N–H and O–H groups in total. The van der Waals surface area contributed by atoms with Gasteiger partial charge in [-0.05, 0) is 77.3 Å². The van der Waals surface area contributed by atoms with Gasteiger partial charge in [0, 0.05) is 49.3 Å². The Morgan fingerprint density at radius 2 is 1.65 bits per heavy atom. The van der Waals surface area contributed by atoms with Crippen molar-refractivity contribution >= 4 is 27.7 Å². The summed E-state index contributed by atoms with van der Waals surface area (Å²) in [7, 11) is 0. The lowest BCUT2D eigenvalue weighted by atomic mass is 9.94. The van der Waals surface area contributed by atoms with E-state index in [9.17, 15) is 9.59 Å². The Balaban J connectivity index is 1.20. The van der Waals surface area contributed by atoms with Crippen LogP contribution in [0.4, 0.5) is 0 Å².